The van der Waals surface area contributed by atoms with Gasteiger partial charge in [-0.05, 0) is 18.2 Å². The summed E-state index contributed by atoms with van der Waals surface area (Å²) in [6.45, 7) is 1.35. The molecule has 3 aromatic heterocycles. The number of fused-ring (bicyclic) bond motifs is 1. The highest BCUT2D eigenvalue weighted by Gasteiger charge is 2.48. The number of hydrogen-bond donors (Lipinski definition) is 5. The number of rotatable bonds is 5. The average molecular weight is 492 g/mol. The summed E-state index contributed by atoms with van der Waals surface area (Å²) in [7, 11) is 1.77. The van der Waals surface area contributed by atoms with Crippen molar-refractivity contribution >= 4 is 40.0 Å². The molecule has 13 nitrogen and oxygen atoms in total. The first-order valence-corrected chi connectivity index (χ1v) is 11.0. The first kappa shape index (κ1) is 23.4. The Hall–Kier alpha value is -4.33. The van der Waals surface area contributed by atoms with Gasteiger partial charge in [-0.1, -0.05) is 12.1 Å². The number of amides is 2. The van der Waals surface area contributed by atoms with Gasteiger partial charge in [0.15, 0.2) is 12.3 Å². The van der Waals surface area contributed by atoms with Gasteiger partial charge in [-0.3, -0.25) is 14.3 Å². The predicted molar refractivity (Wildman–Crippen MR) is 129 cm³/mol. The highest BCUT2D eigenvalue weighted by atomic mass is 16.6. The lowest BCUT2D eigenvalue weighted by Crippen LogP contribution is -2.39. The second kappa shape index (κ2) is 9.03. The molecule has 0 spiro atoms. The molecule has 0 radical (unpaired) electrons. The van der Waals surface area contributed by atoms with Gasteiger partial charge in [0.05, 0.1) is 22.5 Å². The first-order valence-electron chi connectivity index (χ1n) is 11.0. The normalized spacial score (nSPS) is 21.6. The van der Waals surface area contributed by atoms with Crippen molar-refractivity contribution in [3.63, 3.8) is 0 Å². The largest absolute Gasteiger partial charge is 0.387 e. The Bertz CT molecular complexity index is 1460. The van der Waals surface area contributed by atoms with Crippen LogP contribution in [0.5, 0.6) is 0 Å². The molecule has 1 aliphatic heterocycles. The maximum Gasteiger partial charge on any atom is 0.256 e. The van der Waals surface area contributed by atoms with Gasteiger partial charge in [-0.2, -0.15) is 5.10 Å². The number of nitrogen functional groups attached to an aromatic ring is 1. The van der Waals surface area contributed by atoms with Crippen molar-refractivity contribution in [2.45, 2.75) is 31.5 Å². The number of anilines is 3. The van der Waals surface area contributed by atoms with Crippen LogP contribution in [0.1, 0.15) is 13.2 Å². The Morgan fingerprint density at radius 1 is 1.08 bits per heavy atom. The first-order chi connectivity index (χ1) is 17.2. The van der Waals surface area contributed by atoms with Crippen LogP contribution in [0, 0.1) is 0 Å². The molecule has 2 amide bonds. The molecule has 0 unspecified atom stereocenters. The number of nitrogens with zero attached hydrogens (tertiary/aromatic N) is 5. The molecular weight excluding hydrogens is 468 g/mol. The Kier molecular flexibility index (Phi) is 5.88. The van der Waals surface area contributed by atoms with Gasteiger partial charge in [0.2, 0.25) is 5.91 Å². The number of aryl methyl sites for hydroxylation is 1. The standard InChI is InChI=1S/C23H24N8O5/c1-11(32)27-14-5-3-4-6-15(14)28-22(35)19-17(33)18(34)23(36-19)31-9-12(13-7-8-30(2)29-13)16-20(24)25-10-26-21(16)31/h3-10,17-19,23,33-34H,1-2H3,(H,27,32)(H,28,35)(H2,24,25,26)/t17-,18+,19-,23+/m0/s1. The number of aliphatic hydroxyl groups excluding tert-OH is 2. The number of carbonyl (C=O) groups excluding carboxylic acids is 2. The van der Waals surface area contributed by atoms with Crippen LogP contribution in [0.3, 0.4) is 0 Å². The maximum absolute atomic E-state index is 13.0. The number of benzene rings is 1. The highest BCUT2D eigenvalue weighted by Crippen LogP contribution is 2.38. The molecule has 6 N–H and O–H groups in total. The van der Waals surface area contributed by atoms with Crippen molar-refractivity contribution in [2.75, 3.05) is 16.4 Å². The number of hydrogen-bond acceptors (Lipinski definition) is 9. The van der Waals surface area contributed by atoms with E-state index in [1.54, 1.807) is 54.5 Å². The zero-order valence-electron chi connectivity index (χ0n) is 19.4. The third kappa shape index (κ3) is 4.04. The van der Waals surface area contributed by atoms with Crippen LogP contribution in [0.15, 0.2) is 49.1 Å². The van der Waals surface area contributed by atoms with Crippen molar-refractivity contribution in [1.29, 1.82) is 0 Å². The quantitative estimate of drug-likeness (QED) is 0.267. The Morgan fingerprint density at radius 3 is 2.47 bits per heavy atom. The monoisotopic (exact) mass is 492 g/mol. The van der Waals surface area contributed by atoms with Gasteiger partial charge in [0.1, 0.15) is 30.0 Å². The van der Waals surface area contributed by atoms with Crippen LogP contribution in [0.2, 0.25) is 0 Å². The Morgan fingerprint density at radius 2 is 1.81 bits per heavy atom. The number of aromatic nitrogens is 5. The summed E-state index contributed by atoms with van der Waals surface area (Å²) >= 11 is 0. The van der Waals surface area contributed by atoms with Gasteiger partial charge < -0.3 is 35.9 Å². The number of nitrogens with one attached hydrogen (secondary N) is 2. The van der Waals surface area contributed by atoms with Crippen LogP contribution < -0.4 is 16.4 Å². The molecule has 1 saturated heterocycles. The van der Waals surface area contributed by atoms with Crippen molar-refractivity contribution in [3.8, 4) is 11.3 Å². The summed E-state index contributed by atoms with van der Waals surface area (Å²) in [5.74, 6) is -0.803. The summed E-state index contributed by atoms with van der Waals surface area (Å²) in [6, 6.07) is 8.38. The van der Waals surface area contributed by atoms with Gasteiger partial charge in [0.25, 0.3) is 5.91 Å². The molecule has 4 aromatic rings. The van der Waals surface area contributed by atoms with E-state index in [1.165, 1.54) is 17.8 Å². The molecule has 13 heteroatoms. The van der Waals surface area contributed by atoms with Crippen molar-refractivity contribution in [1.82, 2.24) is 24.3 Å². The third-order valence-electron chi connectivity index (χ3n) is 5.89. The molecule has 36 heavy (non-hydrogen) atoms. The van der Waals surface area contributed by atoms with E-state index >= 15 is 0 Å². The van der Waals surface area contributed by atoms with E-state index in [4.69, 9.17) is 10.5 Å². The van der Waals surface area contributed by atoms with Crippen molar-refractivity contribution in [3.05, 3.63) is 49.1 Å². The SMILES string of the molecule is CC(=O)Nc1ccccc1NC(=O)[C@H]1O[C@@H](n2cc(-c3ccn(C)n3)c3c(N)ncnc32)[C@H](O)[C@@H]1O. The predicted octanol–water partition coefficient (Wildman–Crippen LogP) is 0.630. The fourth-order valence-electron chi connectivity index (χ4n) is 4.26. The van der Waals surface area contributed by atoms with Gasteiger partial charge in [-0.15, -0.1) is 0 Å². The van der Waals surface area contributed by atoms with Crippen LogP contribution in [-0.4, -0.2) is 64.7 Å². The summed E-state index contributed by atoms with van der Waals surface area (Å²) in [4.78, 5) is 32.9. The fourth-order valence-corrected chi connectivity index (χ4v) is 4.26. The number of nitrogens with two attached hydrogens (primary N) is 1. The molecule has 0 bridgehead atoms. The molecule has 0 aliphatic carbocycles. The number of carbonyl (C=O) groups is 2. The maximum atomic E-state index is 13.0. The van der Waals surface area contributed by atoms with Crippen LogP contribution in [0.25, 0.3) is 22.3 Å². The van der Waals surface area contributed by atoms with Crippen LogP contribution >= 0.6 is 0 Å². The second-order valence-electron chi connectivity index (χ2n) is 8.43. The molecule has 5 rings (SSSR count). The van der Waals surface area contributed by atoms with E-state index in [9.17, 15) is 19.8 Å². The molecule has 1 aromatic carbocycles. The topological polar surface area (TPSA) is 182 Å². The molecule has 1 fully saturated rings. The molecule has 0 saturated carbocycles. The molecular formula is C23H24N8O5. The lowest BCUT2D eigenvalue weighted by atomic mass is 10.1. The van der Waals surface area contributed by atoms with Crippen LogP contribution in [-0.2, 0) is 21.4 Å². The summed E-state index contributed by atoms with van der Waals surface area (Å²) in [5, 5.41) is 31.7. The van der Waals surface area contributed by atoms with Gasteiger partial charge in [0, 0.05) is 31.9 Å². The van der Waals surface area contributed by atoms with Crippen molar-refractivity contribution in [2.24, 2.45) is 7.05 Å². The molecule has 4 atom stereocenters. The minimum absolute atomic E-state index is 0.205. The van der Waals surface area contributed by atoms with E-state index in [0.717, 1.165) is 0 Å². The third-order valence-corrected chi connectivity index (χ3v) is 5.89. The summed E-state index contributed by atoms with van der Waals surface area (Å²) in [5.41, 5.74) is 8.38. The fraction of sp³-hybridized carbons (Fsp3) is 0.261. The molecule has 4 heterocycles. The number of aliphatic hydroxyl groups is 2. The van der Waals surface area contributed by atoms with Crippen molar-refractivity contribution < 1.29 is 24.5 Å². The Labute approximate surface area is 204 Å². The minimum atomic E-state index is -1.54. The smallest absolute Gasteiger partial charge is 0.256 e. The van der Waals surface area contributed by atoms with E-state index in [2.05, 4.69) is 25.7 Å². The average Bonchev–Trinajstić information content (AvgIpc) is 3.51. The molecule has 1 aliphatic rings. The zero-order valence-corrected chi connectivity index (χ0v) is 19.4. The number of ether oxygens (including phenoxy) is 1. The summed E-state index contributed by atoms with van der Waals surface area (Å²) < 4.78 is 9.00. The van der Waals surface area contributed by atoms with E-state index in [-0.39, 0.29) is 11.7 Å². The Balaban J connectivity index is 1.47. The van der Waals surface area contributed by atoms with E-state index in [0.29, 0.717) is 33.7 Å². The van der Waals surface area contributed by atoms with E-state index in [1.807, 2.05) is 0 Å². The molecule has 186 valence electrons. The lowest BCUT2D eigenvalue weighted by molar-refractivity contribution is -0.132. The van der Waals surface area contributed by atoms with Gasteiger partial charge in [-0.25, -0.2) is 9.97 Å². The van der Waals surface area contributed by atoms with E-state index < -0.39 is 30.4 Å². The van der Waals surface area contributed by atoms with Crippen LogP contribution in [0.4, 0.5) is 17.2 Å². The second-order valence-corrected chi connectivity index (χ2v) is 8.43. The lowest BCUT2D eigenvalue weighted by Gasteiger charge is -2.17. The number of para-hydroxylation sites is 2. The minimum Gasteiger partial charge on any atom is -0.387 e. The van der Waals surface area contributed by atoms with Gasteiger partial charge >= 0.3 is 0 Å². The highest BCUT2D eigenvalue weighted by molar-refractivity contribution is 6.01. The zero-order chi connectivity index (χ0) is 25.6. The summed E-state index contributed by atoms with van der Waals surface area (Å²) in [6.07, 6.45) is -0.890.